The van der Waals surface area contributed by atoms with E-state index in [0.717, 1.165) is 19.3 Å². The third-order valence-electron chi connectivity index (χ3n) is 1.61. The molecule has 1 amide bonds. The molecule has 4 nitrogen and oxygen atoms in total. The number of unbranched alkanes of at least 4 members (excludes halogenated alkanes) is 1. The monoisotopic (exact) mass is 158 g/mol. The topological polar surface area (TPSA) is 78.9 Å². The maximum absolute atomic E-state index is 10.5. The third-order valence-corrected chi connectivity index (χ3v) is 1.61. The molecule has 0 aromatic heterocycles. The SMILES string of the molecule is CN[C@@H](CCCCN)C([NH])=O. The molecule has 0 fully saturated rings. The van der Waals surface area contributed by atoms with Gasteiger partial charge in [-0.2, -0.15) is 0 Å². The summed E-state index contributed by atoms with van der Waals surface area (Å²) in [5.74, 6) is -0.537. The van der Waals surface area contributed by atoms with Gasteiger partial charge in [-0.15, -0.1) is 0 Å². The molecule has 0 unspecified atom stereocenters. The fourth-order valence-electron chi connectivity index (χ4n) is 0.899. The number of carbonyl (C=O) groups is 1. The summed E-state index contributed by atoms with van der Waals surface area (Å²) in [4.78, 5) is 10.5. The van der Waals surface area contributed by atoms with Crippen molar-refractivity contribution in [2.24, 2.45) is 5.73 Å². The van der Waals surface area contributed by atoms with Crippen LogP contribution in [0.2, 0.25) is 0 Å². The molecular formula is C7H16N3O. The average Bonchev–Trinajstić information content (AvgIpc) is 1.97. The Morgan fingerprint density at radius 2 is 2.27 bits per heavy atom. The first-order chi connectivity index (χ1) is 5.22. The van der Waals surface area contributed by atoms with Crippen molar-refractivity contribution in [1.29, 1.82) is 0 Å². The number of hydrogen-bond donors (Lipinski definition) is 2. The van der Waals surface area contributed by atoms with E-state index in [1.807, 2.05) is 0 Å². The summed E-state index contributed by atoms with van der Waals surface area (Å²) < 4.78 is 0. The summed E-state index contributed by atoms with van der Waals surface area (Å²) in [5.41, 5.74) is 12.1. The van der Waals surface area contributed by atoms with E-state index in [0.29, 0.717) is 6.54 Å². The Bertz CT molecular complexity index is 116. The zero-order valence-electron chi connectivity index (χ0n) is 6.89. The molecule has 11 heavy (non-hydrogen) atoms. The minimum Gasteiger partial charge on any atom is -0.330 e. The number of amides is 1. The lowest BCUT2D eigenvalue weighted by molar-refractivity contribution is -0.120. The van der Waals surface area contributed by atoms with Crippen molar-refractivity contribution in [3.05, 3.63) is 0 Å². The van der Waals surface area contributed by atoms with Crippen molar-refractivity contribution in [3.63, 3.8) is 0 Å². The van der Waals surface area contributed by atoms with Crippen LogP contribution in [0.4, 0.5) is 0 Å². The molecular weight excluding hydrogens is 142 g/mol. The van der Waals surface area contributed by atoms with Gasteiger partial charge < -0.3 is 11.1 Å². The third kappa shape index (κ3) is 4.75. The van der Waals surface area contributed by atoms with Gasteiger partial charge in [0.25, 0.3) is 5.91 Å². The predicted octanol–water partition coefficient (Wildman–Crippen LogP) is -0.487. The predicted molar refractivity (Wildman–Crippen MR) is 43.9 cm³/mol. The molecule has 1 atom stereocenters. The molecule has 0 spiro atoms. The second kappa shape index (κ2) is 6.12. The van der Waals surface area contributed by atoms with Crippen LogP contribution in [0.5, 0.6) is 0 Å². The normalized spacial score (nSPS) is 12.9. The molecule has 0 saturated carbocycles. The second-order valence-electron chi connectivity index (χ2n) is 2.49. The van der Waals surface area contributed by atoms with Gasteiger partial charge in [0.15, 0.2) is 0 Å². The van der Waals surface area contributed by atoms with Crippen LogP contribution in [-0.2, 0) is 4.79 Å². The molecule has 0 aliphatic rings. The highest BCUT2D eigenvalue weighted by Gasteiger charge is 2.11. The molecule has 0 rings (SSSR count). The molecule has 0 aromatic carbocycles. The highest BCUT2D eigenvalue weighted by atomic mass is 16.1. The van der Waals surface area contributed by atoms with Crippen LogP contribution in [0, 0.1) is 0 Å². The molecule has 0 aliphatic carbocycles. The van der Waals surface area contributed by atoms with Crippen molar-refractivity contribution in [1.82, 2.24) is 11.1 Å². The Morgan fingerprint density at radius 1 is 1.64 bits per heavy atom. The van der Waals surface area contributed by atoms with Crippen LogP contribution >= 0.6 is 0 Å². The van der Waals surface area contributed by atoms with E-state index in [4.69, 9.17) is 11.5 Å². The number of nitrogens with two attached hydrogens (primary N) is 1. The van der Waals surface area contributed by atoms with Crippen LogP contribution in [-0.4, -0.2) is 25.5 Å². The Kier molecular flexibility index (Phi) is 5.78. The summed E-state index contributed by atoms with van der Waals surface area (Å²) in [5, 5.41) is 2.78. The summed E-state index contributed by atoms with van der Waals surface area (Å²) in [6.45, 7) is 0.655. The van der Waals surface area contributed by atoms with E-state index in [1.165, 1.54) is 0 Å². The summed E-state index contributed by atoms with van der Waals surface area (Å²) in [7, 11) is 1.69. The number of hydrogen-bond acceptors (Lipinski definition) is 3. The van der Waals surface area contributed by atoms with Gasteiger partial charge in [-0.25, -0.2) is 0 Å². The van der Waals surface area contributed by atoms with Crippen molar-refractivity contribution >= 4 is 5.91 Å². The molecule has 0 aromatic rings. The van der Waals surface area contributed by atoms with Crippen LogP contribution in [0.3, 0.4) is 0 Å². The fourth-order valence-corrected chi connectivity index (χ4v) is 0.899. The molecule has 0 heterocycles. The van der Waals surface area contributed by atoms with E-state index in [1.54, 1.807) is 7.05 Å². The molecule has 0 bridgehead atoms. The van der Waals surface area contributed by atoms with E-state index < -0.39 is 5.91 Å². The lowest BCUT2D eigenvalue weighted by atomic mass is 10.1. The van der Waals surface area contributed by atoms with E-state index >= 15 is 0 Å². The standard InChI is InChI=1S/C7H16N3O/c1-10-6(7(9)11)4-2-3-5-8/h6,9-10H,2-5,8H2,1H3/t6-/m0/s1. The zero-order valence-corrected chi connectivity index (χ0v) is 6.89. The molecule has 4 heteroatoms. The van der Waals surface area contributed by atoms with Crippen LogP contribution in [0.1, 0.15) is 19.3 Å². The highest BCUT2D eigenvalue weighted by molar-refractivity contribution is 5.78. The number of rotatable bonds is 6. The Balaban J connectivity index is 3.44. The van der Waals surface area contributed by atoms with Crippen molar-refractivity contribution < 1.29 is 4.79 Å². The van der Waals surface area contributed by atoms with Gasteiger partial charge in [0.05, 0.1) is 6.04 Å². The van der Waals surface area contributed by atoms with E-state index in [-0.39, 0.29) is 6.04 Å². The first kappa shape index (κ1) is 10.4. The summed E-state index contributed by atoms with van der Waals surface area (Å²) >= 11 is 0. The largest absolute Gasteiger partial charge is 0.330 e. The molecule has 0 aliphatic heterocycles. The van der Waals surface area contributed by atoms with Gasteiger partial charge in [0, 0.05) is 0 Å². The van der Waals surface area contributed by atoms with Gasteiger partial charge in [-0.1, -0.05) is 6.42 Å². The minimum absolute atomic E-state index is 0.304. The van der Waals surface area contributed by atoms with Gasteiger partial charge >= 0.3 is 0 Å². The van der Waals surface area contributed by atoms with Crippen molar-refractivity contribution in [3.8, 4) is 0 Å². The molecule has 0 saturated heterocycles. The first-order valence-corrected chi connectivity index (χ1v) is 3.85. The smallest absolute Gasteiger partial charge is 0.255 e. The highest BCUT2D eigenvalue weighted by Crippen LogP contribution is 1.98. The number of carbonyl (C=O) groups excluding carboxylic acids is 1. The first-order valence-electron chi connectivity index (χ1n) is 3.85. The van der Waals surface area contributed by atoms with Gasteiger partial charge in [0.1, 0.15) is 0 Å². The van der Waals surface area contributed by atoms with Gasteiger partial charge in [0.2, 0.25) is 0 Å². The van der Waals surface area contributed by atoms with Gasteiger partial charge in [-0.05, 0) is 26.4 Å². The molecule has 4 N–H and O–H groups in total. The van der Waals surface area contributed by atoms with Crippen molar-refractivity contribution in [2.45, 2.75) is 25.3 Å². The van der Waals surface area contributed by atoms with Crippen LogP contribution < -0.4 is 16.8 Å². The fraction of sp³-hybridized carbons (Fsp3) is 0.857. The van der Waals surface area contributed by atoms with Crippen LogP contribution in [0.25, 0.3) is 0 Å². The summed E-state index contributed by atoms with van der Waals surface area (Å²) in [6, 6.07) is -0.304. The Labute approximate surface area is 67.3 Å². The van der Waals surface area contributed by atoms with E-state index in [2.05, 4.69) is 5.32 Å². The maximum Gasteiger partial charge on any atom is 0.255 e. The lowest BCUT2D eigenvalue weighted by Gasteiger charge is -2.09. The Hall–Kier alpha value is -0.610. The average molecular weight is 158 g/mol. The Morgan fingerprint density at radius 3 is 2.64 bits per heavy atom. The van der Waals surface area contributed by atoms with E-state index in [9.17, 15) is 4.79 Å². The van der Waals surface area contributed by atoms with Crippen LogP contribution in [0.15, 0.2) is 0 Å². The minimum atomic E-state index is -0.537. The molecule has 65 valence electrons. The zero-order chi connectivity index (χ0) is 8.69. The molecule has 1 radical (unpaired) electrons. The summed E-state index contributed by atoms with van der Waals surface area (Å²) in [6.07, 6.45) is 2.55. The lowest BCUT2D eigenvalue weighted by Crippen LogP contribution is -2.34. The second-order valence-corrected chi connectivity index (χ2v) is 2.49. The van der Waals surface area contributed by atoms with Gasteiger partial charge in [-0.3, -0.25) is 10.5 Å². The number of likely N-dealkylation sites (N-methyl/N-ethyl adjacent to an activating group) is 1. The number of nitrogens with one attached hydrogen (secondary N) is 2. The maximum atomic E-state index is 10.5. The quantitative estimate of drug-likeness (QED) is 0.512. The van der Waals surface area contributed by atoms with Crippen molar-refractivity contribution in [2.75, 3.05) is 13.6 Å².